The molecule has 2 fully saturated rings. The van der Waals surface area contributed by atoms with E-state index in [1.54, 1.807) is 6.33 Å². The molecule has 1 saturated heterocycles. The third-order valence-corrected chi connectivity index (χ3v) is 5.66. The first-order chi connectivity index (χ1) is 10.5. The Balaban J connectivity index is 1.71. The van der Waals surface area contributed by atoms with Gasteiger partial charge in [-0.1, -0.05) is 26.3 Å². The lowest BCUT2D eigenvalue weighted by molar-refractivity contribution is -0.120. The van der Waals surface area contributed by atoms with E-state index in [-0.39, 0.29) is 5.91 Å². The molecule has 2 aromatic rings. The van der Waals surface area contributed by atoms with Gasteiger partial charge in [0.2, 0.25) is 0 Å². The number of hydrogen-bond acceptors (Lipinski definition) is 2. The number of fused-ring (bicyclic) bond motifs is 1. The molecular formula is C18H23N3O. The van der Waals surface area contributed by atoms with E-state index in [0.717, 1.165) is 23.1 Å². The van der Waals surface area contributed by atoms with Gasteiger partial charge in [0.05, 0.1) is 22.9 Å². The zero-order valence-electron chi connectivity index (χ0n) is 13.5. The molecule has 1 aliphatic heterocycles. The van der Waals surface area contributed by atoms with Crippen molar-refractivity contribution in [2.24, 2.45) is 18.4 Å². The predicted octanol–water partition coefficient (Wildman–Crippen LogP) is 3.22. The number of rotatable bonds is 2. The van der Waals surface area contributed by atoms with Crippen LogP contribution in [0.4, 0.5) is 0 Å². The van der Waals surface area contributed by atoms with Gasteiger partial charge in [0.25, 0.3) is 5.91 Å². The van der Waals surface area contributed by atoms with Gasteiger partial charge in [0, 0.05) is 25.0 Å². The molecule has 2 aliphatic rings. The highest BCUT2D eigenvalue weighted by Gasteiger charge is 2.58. The number of likely N-dealkylation sites (tertiary alicyclic amines) is 1. The Hall–Kier alpha value is -1.84. The molecule has 1 unspecified atom stereocenters. The quantitative estimate of drug-likeness (QED) is 0.853. The van der Waals surface area contributed by atoms with Crippen LogP contribution in [-0.2, 0) is 7.05 Å². The van der Waals surface area contributed by atoms with E-state index in [9.17, 15) is 4.79 Å². The summed E-state index contributed by atoms with van der Waals surface area (Å²) in [4.78, 5) is 19.6. The Bertz CT molecular complexity index is 742. The summed E-state index contributed by atoms with van der Waals surface area (Å²) in [6.07, 6.45) is 5.68. The van der Waals surface area contributed by atoms with Crippen molar-refractivity contribution >= 4 is 16.9 Å². The summed E-state index contributed by atoms with van der Waals surface area (Å²) in [5, 5.41) is 0. The summed E-state index contributed by atoms with van der Waals surface area (Å²) in [6.45, 7) is 5.42. The van der Waals surface area contributed by atoms with Crippen molar-refractivity contribution in [1.29, 1.82) is 0 Å². The molecule has 0 N–H and O–H groups in total. The molecule has 1 aromatic carbocycles. The fourth-order valence-corrected chi connectivity index (χ4v) is 4.64. The van der Waals surface area contributed by atoms with Gasteiger partial charge in [-0.05, 0) is 30.9 Å². The van der Waals surface area contributed by atoms with Crippen molar-refractivity contribution in [2.75, 3.05) is 6.54 Å². The molecule has 1 aliphatic carbocycles. The van der Waals surface area contributed by atoms with Gasteiger partial charge in [-0.3, -0.25) is 4.79 Å². The number of carbonyl (C=O) groups excluding carboxylic acids is 1. The molecule has 4 heteroatoms. The van der Waals surface area contributed by atoms with Crippen molar-refractivity contribution in [3.8, 4) is 0 Å². The second-order valence-corrected chi connectivity index (χ2v) is 7.37. The van der Waals surface area contributed by atoms with E-state index in [1.165, 1.54) is 19.3 Å². The Kier molecular flexibility index (Phi) is 2.87. The van der Waals surface area contributed by atoms with Gasteiger partial charge in [0.1, 0.15) is 0 Å². The topological polar surface area (TPSA) is 38.1 Å². The van der Waals surface area contributed by atoms with Crippen LogP contribution in [0.3, 0.4) is 0 Å². The lowest BCUT2D eigenvalue weighted by Gasteiger charge is -2.64. The minimum Gasteiger partial charge on any atom is -0.334 e. The lowest BCUT2D eigenvalue weighted by atomic mass is 9.55. The number of nitrogens with zero attached hydrogens (tertiary/aromatic N) is 3. The largest absolute Gasteiger partial charge is 0.334 e. The number of aromatic nitrogens is 2. The highest BCUT2D eigenvalue weighted by Crippen LogP contribution is 2.55. The molecule has 0 radical (unpaired) electrons. The molecule has 1 atom stereocenters. The number of para-hydroxylation sites is 1. The van der Waals surface area contributed by atoms with E-state index in [0.29, 0.717) is 17.4 Å². The normalized spacial score (nSPS) is 22.9. The van der Waals surface area contributed by atoms with Crippen molar-refractivity contribution < 1.29 is 4.79 Å². The molecule has 4 rings (SSSR count). The number of hydrogen-bond donors (Lipinski definition) is 0. The molecule has 1 saturated carbocycles. The summed E-state index contributed by atoms with van der Waals surface area (Å²) < 4.78 is 1.95. The van der Waals surface area contributed by atoms with E-state index in [4.69, 9.17) is 0 Å². The average molecular weight is 297 g/mol. The molecule has 1 aromatic heterocycles. The van der Waals surface area contributed by atoms with Gasteiger partial charge in [-0.15, -0.1) is 0 Å². The number of amides is 1. The Morgan fingerprint density at radius 1 is 1.36 bits per heavy atom. The molecule has 1 amide bonds. The van der Waals surface area contributed by atoms with Gasteiger partial charge in [-0.2, -0.15) is 0 Å². The standard InChI is InChI=1S/C18H23N3O/c1-12(2)16-18(8-5-9-18)10-21(16)17(22)13-6-4-7-14-15(13)20(3)11-19-14/h4,6-7,11-12,16H,5,8-10H2,1-3H3. The van der Waals surface area contributed by atoms with Crippen LogP contribution >= 0.6 is 0 Å². The summed E-state index contributed by atoms with van der Waals surface area (Å²) in [5.74, 6) is 0.689. The third kappa shape index (κ3) is 1.70. The molecule has 22 heavy (non-hydrogen) atoms. The highest BCUT2D eigenvalue weighted by molar-refractivity contribution is 6.05. The van der Waals surface area contributed by atoms with Crippen LogP contribution in [0.5, 0.6) is 0 Å². The minimum atomic E-state index is 0.172. The second kappa shape index (κ2) is 4.58. The van der Waals surface area contributed by atoms with Crippen LogP contribution < -0.4 is 0 Å². The van der Waals surface area contributed by atoms with Gasteiger partial charge in [0.15, 0.2) is 0 Å². The fourth-order valence-electron chi connectivity index (χ4n) is 4.64. The summed E-state index contributed by atoms with van der Waals surface area (Å²) in [7, 11) is 1.95. The predicted molar refractivity (Wildman–Crippen MR) is 86.7 cm³/mol. The van der Waals surface area contributed by atoms with E-state index < -0.39 is 0 Å². The maximum absolute atomic E-state index is 13.1. The Labute approximate surface area is 131 Å². The van der Waals surface area contributed by atoms with Gasteiger partial charge < -0.3 is 9.47 Å². The molecular weight excluding hydrogens is 274 g/mol. The number of imidazole rings is 1. The molecule has 0 bridgehead atoms. The number of carbonyl (C=O) groups is 1. The van der Waals surface area contributed by atoms with E-state index >= 15 is 0 Å². The van der Waals surface area contributed by atoms with Gasteiger partial charge in [-0.25, -0.2) is 4.98 Å². The van der Waals surface area contributed by atoms with Gasteiger partial charge >= 0.3 is 0 Å². The second-order valence-electron chi connectivity index (χ2n) is 7.37. The maximum Gasteiger partial charge on any atom is 0.256 e. The van der Waals surface area contributed by atoms with E-state index in [2.05, 4.69) is 23.7 Å². The van der Waals surface area contributed by atoms with Crippen molar-refractivity contribution in [1.82, 2.24) is 14.5 Å². The summed E-state index contributed by atoms with van der Waals surface area (Å²) >= 11 is 0. The van der Waals surface area contributed by atoms with Crippen LogP contribution in [0, 0.1) is 11.3 Å². The first kappa shape index (κ1) is 13.8. The highest BCUT2D eigenvalue weighted by atomic mass is 16.2. The SMILES string of the molecule is CC(C)C1N(C(=O)c2cccc3ncn(C)c23)CC12CCC2. The summed E-state index contributed by atoms with van der Waals surface area (Å²) in [5.41, 5.74) is 3.06. The van der Waals surface area contributed by atoms with Crippen LogP contribution in [0.25, 0.3) is 11.0 Å². The molecule has 1 spiro atoms. The zero-order chi connectivity index (χ0) is 15.5. The van der Waals surface area contributed by atoms with E-state index in [1.807, 2.05) is 29.8 Å². The maximum atomic E-state index is 13.1. The average Bonchev–Trinajstić information content (AvgIpc) is 2.77. The fraction of sp³-hybridized carbons (Fsp3) is 0.556. The van der Waals surface area contributed by atoms with Crippen molar-refractivity contribution in [3.05, 3.63) is 30.1 Å². The van der Waals surface area contributed by atoms with Crippen LogP contribution in [0.15, 0.2) is 24.5 Å². The summed E-state index contributed by atoms with van der Waals surface area (Å²) in [6, 6.07) is 6.24. The van der Waals surface area contributed by atoms with Crippen LogP contribution in [0.1, 0.15) is 43.5 Å². The first-order valence-electron chi connectivity index (χ1n) is 8.24. The van der Waals surface area contributed by atoms with Crippen molar-refractivity contribution in [3.63, 3.8) is 0 Å². The third-order valence-electron chi connectivity index (χ3n) is 5.66. The lowest BCUT2D eigenvalue weighted by Crippen LogP contribution is -2.70. The first-order valence-corrected chi connectivity index (χ1v) is 8.24. The minimum absolute atomic E-state index is 0.172. The zero-order valence-corrected chi connectivity index (χ0v) is 13.5. The number of aryl methyl sites for hydroxylation is 1. The number of benzene rings is 1. The Morgan fingerprint density at radius 2 is 2.14 bits per heavy atom. The van der Waals surface area contributed by atoms with Crippen LogP contribution in [-0.4, -0.2) is 32.9 Å². The molecule has 2 heterocycles. The Morgan fingerprint density at radius 3 is 2.77 bits per heavy atom. The molecule has 4 nitrogen and oxygen atoms in total. The smallest absolute Gasteiger partial charge is 0.256 e. The van der Waals surface area contributed by atoms with Crippen LogP contribution in [0.2, 0.25) is 0 Å². The monoisotopic (exact) mass is 297 g/mol. The van der Waals surface area contributed by atoms with Crippen molar-refractivity contribution in [2.45, 2.75) is 39.2 Å². The molecule has 116 valence electrons.